The van der Waals surface area contributed by atoms with Crippen LogP contribution in [0, 0.1) is 0 Å². The van der Waals surface area contributed by atoms with Gasteiger partial charge < -0.3 is 9.84 Å². The van der Waals surface area contributed by atoms with Crippen molar-refractivity contribution in [2.24, 2.45) is 0 Å². The monoisotopic (exact) mass is 232 g/mol. The first-order valence-corrected chi connectivity index (χ1v) is 6.80. The lowest BCUT2D eigenvalue weighted by molar-refractivity contribution is 0.0616. The molecule has 1 aromatic carbocycles. The van der Waals surface area contributed by atoms with Crippen molar-refractivity contribution >= 4 is 0 Å². The van der Waals surface area contributed by atoms with Crippen LogP contribution in [0.3, 0.4) is 0 Å². The molecule has 0 fully saturated rings. The van der Waals surface area contributed by atoms with Crippen LogP contribution in [0.25, 0.3) is 0 Å². The van der Waals surface area contributed by atoms with Crippen LogP contribution in [0.1, 0.15) is 55.4 Å². The maximum absolute atomic E-state index is 10.2. The van der Waals surface area contributed by atoms with Crippen LogP contribution in [0.2, 0.25) is 0 Å². The quantitative estimate of drug-likeness (QED) is 0.848. The Bertz CT molecular complexity index is 425. The number of fused-ring (bicyclic) bond motifs is 2. The molecule has 1 aliphatic carbocycles. The van der Waals surface area contributed by atoms with Crippen molar-refractivity contribution in [1.29, 1.82) is 0 Å². The Kier molecular flexibility index (Phi) is 2.83. The molecule has 0 radical (unpaired) electrons. The van der Waals surface area contributed by atoms with Gasteiger partial charge in [-0.25, -0.2) is 0 Å². The van der Waals surface area contributed by atoms with Crippen LogP contribution >= 0.6 is 0 Å². The summed E-state index contributed by atoms with van der Waals surface area (Å²) in [5.41, 5.74) is 3.87. The average molecular weight is 232 g/mol. The molecule has 17 heavy (non-hydrogen) atoms. The number of aliphatic hydroxyl groups excluding tert-OH is 1. The molecular weight excluding hydrogens is 212 g/mol. The highest BCUT2D eigenvalue weighted by Gasteiger charge is 2.33. The highest BCUT2D eigenvalue weighted by atomic mass is 16.5. The lowest BCUT2D eigenvalue weighted by Crippen LogP contribution is -2.17. The Morgan fingerprint density at radius 1 is 1.24 bits per heavy atom. The summed E-state index contributed by atoms with van der Waals surface area (Å²) in [5.74, 6) is 0.927. The average Bonchev–Trinajstić information content (AvgIpc) is 2.64. The molecule has 1 heterocycles. The predicted octanol–water partition coefficient (Wildman–Crippen LogP) is 3.16. The fourth-order valence-electron chi connectivity index (χ4n) is 3.04. The third-order valence-electron chi connectivity index (χ3n) is 4.00. The van der Waals surface area contributed by atoms with Gasteiger partial charge in [-0.3, -0.25) is 0 Å². The van der Waals surface area contributed by atoms with Gasteiger partial charge in [0, 0.05) is 5.56 Å². The third kappa shape index (κ3) is 1.85. The first kappa shape index (κ1) is 11.1. The molecule has 0 saturated carbocycles. The zero-order chi connectivity index (χ0) is 11.8. The van der Waals surface area contributed by atoms with Gasteiger partial charge in [0.25, 0.3) is 0 Å². The predicted molar refractivity (Wildman–Crippen MR) is 67.4 cm³/mol. The van der Waals surface area contributed by atoms with E-state index in [-0.39, 0.29) is 6.10 Å². The molecule has 2 nitrogen and oxygen atoms in total. The summed E-state index contributed by atoms with van der Waals surface area (Å²) in [6.07, 6.45) is 6.42. The number of aryl methyl sites for hydroxylation is 2. The van der Waals surface area contributed by atoms with Gasteiger partial charge in [-0.05, 0) is 55.4 Å². The van der Waals surface area contributed by atoms with E-state index in [0.717, 1.165) is 30.6 Å². The second kappa shape index (κ2) is 4.34. The minimum Gasteiger partial charge on any atom is -0.487 e. The van der Waals surface area contributed by atoms with Gasteiger partial charge in [-0.15, -0.1) is 0 Å². The van der Waals surface area contributed by atoms with E-state index in [2.05, 4.69) is 19.1 Å². The van der Waals surface area contributed by atoms with Gasteiger partial charge >= 0.3 is 0 Å². The minimum atomic E-state index is -0.419. The van der Waals surface area contributed by atoms with Crippen LogP contribution in [-0.2, 0) is 12.8 Å². The molecule has 2 atom stereocenters. The van der Waals surface area contributed by atoms with Crippen LogP contribution in [-0.4, -0.2) is 11.2 Å². The summed E-state index contributed by atoms with van der Waals surface area (Å²) in [7, 11) is 0. The SMILES string of the molecule is CCCC1Oc2cc3c(cc2C1O)CCCC3. The molecular formula is C15H20O2. The molecule has 0 aromatic heterocycles. The van der Waals surface area contributed by atoms with Gasteiger partial charge in [0.2, 0.25) is 0 Å². The Balaban J connectivity index is 1.94. The van der Waals surface area contributed by atoms with E-state index in [0.29, 0.717) is 0 Å². The minimum absolute atomic E-state index is 0.0288. The lowest BCUT2D eigenvalue weighted by Gasteiger charge is -2.16. The van der Waals surface area contributed by atoms with Crippen molar-refractivity contribution < 1.29 is 9.84 Å². The number of hydrogen-bond donors (Lipinski definition) is 1. The molecule has 0 bridgehead atoms. The normalized spacial score (nSPS) is 26.2. The molecule has 1 aliphatic heterocycles. The Morgan fingerprint density at radius 2 is 1.94 bits per heavy atom. The zero-order valence-corrected chi connectivity index (χ0v) is 10.4. The van der Waals surface area contributed by atoms with E-state index in [1.54, 1.807) is 0 Å². The fraction of sp³-hybridized carbons (Fsp3) is 0.600. The summed E-state index contributed by atoms with van der Waals surface area (Å²) >= 11 is 0. The Morgan fingerprint density at radius 3 is 2.65 bits per heavy atom. The molecule has 0 amide bonds. The van der Waals surface area contributed by atoms with Gasteiger partial charge in [0.1, 0.15) is 18.0 Å². The molecule has 1 aromatic rings. The highest BCUT2D eigenvalue weighted by molar-refractivity contribution is 5.47. The first-order valence-electron chi connectivity index (χ1n) is 6.80. The topological polar surface area (TPSA) is 29.5 Å². The van der Waals surface area contributed by atoms with Crippen LogP contribution < -0.4 is 4.74 Å². The van der Waals surface area contributed by atoms with Gasteiger partial charge in [0.05, 0.1) is 0 Å². The van der Waals surface area contributed by atoms with Gasteiger partial charge in [-0.2, -0.15) is 0 Å². The van der Waals surface area contributed by atoms with E-state index in [1.165, 1.54) is 30.4 Å². The second-order valence-corrected chi connectivity index (χ2v) is 5.26. The smallest absolute Gasteiger partial charge is 0.129 e. The van der Waals surface area contributed by atoms with Gasteiger partial charge in [0.15, 0.2) is 0 Å². The number of ether oxygens (including phenoxy) is 1. The van der Waals surface area contributed by atoms with Crippen molar-refractivity contribution in [2.75, 3.05) is 0 Å². The number of hydrogen-bond acceptors (Lipinski definition) is 2. The van der Waals surface area contributed by atoms with Crippen molar-refractivity contribution in [3.8, 4) is 5.75 Å². The van der Waals surface area contributed by atoms with Gasteiger partial charge in [-0.1, -0.05) is 13.3 Å². The zero-order valence-electron chi connectivity index (χ0n) is 10.4. The van der Waals surface area contributed by atoms with E-state index >= 15 is 0 Å². The lowest BCUT2D eigenvalue weighted by atomic mass is 9.89. The molecule has 0 saturated heterocycles. The third-order valence-corrected chi connectivity index (χ3v) is 4.00. The van der Waals surface area contributed by atoms with Crippen molar-refractivity contribution in [3.63, 3.8) is 0 Å². The van der Waals surface area contributed by atoms with Crippen LogP contribution in [0.5, 0.6) is 5.75 Å². The van der Waals surface area contributed by atoms with Crippen molar-refractivity contribution in [3.05, 3.63) is 28.8 Å². The summed E-state index contributed by atoms with van der Waals surface area (Å²) in [6, 6.07) is 4.35. The molecule has 0 spiro atoms. The van der Waals surface area contributed by atoms with Crippen molar-refractivity contribution in [1.82, 2.24) is 0 Å². The first-order chi connectivity index (χ1) is 8.29. The Hall–Kier alpha value is -1.02. The number of rotatable bonds is 2. The van der Waals surface area contributed by atoms with E-state index in [1.807, 2.05) is 0 Å². The maximum atomic E-state index is 10.2. The Labute approximate surface area is 103 Å². The molecule has 92 valence electrons. The van der Waals surface area contributed by atoms with Crippen molar-refractivity contribution in [2.45, 2.75) is 57.7 Å². The summed E-state index contributed by atoms with van der Waals surface area (Å²) < 4.78 is 5.88. The maximum Gasteiger partial charge on any atom is 0.129 e. The number of aliphatic hydroxyl groups is 1. The second-order valence-electron chi connectivity index (χ2n) is 5.26. The highest BCUT2D eigenvalue weighted by Crippen LogP contribution is 2.41. The molecule has 2 aliphatic rings. The van der Waals surface area contributed by atoms with E-state index < -0.39 is 6.10 Å². The molecule has 2 heteroatoms. The molecule has 2 unspecified atom stereocenters. The molecule has 3 rings (SSSR count). The standard InChI is InChI=1S/C15H20O2/c1-2-5-13-15(16)12-8-10-6-3-4-7-11(10)9-14(12)17-13/h8-9,13,15-16H,2-7H2,1H3. The van der Waals surface area contributed by atoms with Crippen LogP contribution in [0.4, 0.5) is 0 Å². The molecule has 1 N–H and O–H groups in total. The summed E-state index contributed by atoms with van der Waals surface area (Å²) in [5, 5.41) is 10.2. The summed E-state index contributed by atoms with van der Waals surface area (Å²) in [4.78, 5) is 0. The summed E-state index contributed by atoms with van der Waals surface area (Å²) in [6.45, 7) is 2.13. The number of benzene rings is 1. The van der Waals surface area contributed by atoms with E-state index in [4.69, 9.17) is 4.74 Å². The fourth-order valence-corrected chi connectivity index (χ4v) is 3.04. The van der Waals surface area contributed by atoms with E-state index in [9.17, 15) is 5.11 Å². The van der Waals surface area contributed by atoms with Crippen LogP contribution in [0.15, 0.2) is 12.1 Å². The largest absolute Gasteiger partial charge is 0.487 e.